The number of benzene rings is 3. The van der Waals surface area contributed by atoms with Gasteiger partial charge in [-0.2, -0.15) is 0 Å². The van der Waals surface area contributed by atoms with Gasteiger partial charge in [-0.1, -0.05) is 68.4 Å². The maximum Gasteiger partial charge on any atom is 0.319 e. The molecule has 3 aromatic rings. The van der Waals surface area contributed by atoms with Gasteiger partial charge in [-0.05, 0) is 29.5 Å². The van der Waals surface area contributed by atoms with Crippen LogP contribution in [0.25, 0.3) is 10.8 Å². The first-order valence-electron chi connectivity index (χ1n) is 8.96. The number of carbonyl (C=O) groups excluding carboxylic acids is 2. The Morgan fingerprint density at radius 3 is 2.19 bits per heavy atom. The molecule has 3 amide bonds. The van der Waals surface area contributed by atoms with Crippen molar-refractivity contribution in [3.8, 4) is 0 Å². The number of para-hydroxylation sites is 1. The van der Waals surface area contributed by atoms with Crippen LogP contribution in [-0.2, 0) is 4.79 Å². The Bertz CT molecular complexity index is 933. The van der Waals surface area contributed by atoms with Crippen molar-refractivity contribution in [2.75, 3.05) is 10.6 Å². The summed E-state index contributed by atoms with van der Waals surface area (Å²) >= 11 is 0. The highest BCUT2D eigenvalue weighted by Crippen LogP contribution is 2.23. The van der Waals surface area contributed by atoms with Gasteiger partial charge in [0, 0.05) is 16.8 Å². The number of amides is 3. The van der Waals surface area contributed by atoms with E-state index in [1.807, 2.05) is 74.5 Å². The fourth-order valence-electron chi connectivity index (χ4n) is 2.91. The summed E-state index contributed by atoms with van der Waals surface area (Å²) in [7, 11) is 0. The fourth-order valence-corrected chi connectivity index (χ4v) is 2.91. The standard InChI is InChI=1S/C22H23N3O2/c1-15(2)20(25-22(27)23-17-11-4-3-5-12-17)21(26)24-19-14-8-10-16-9-6-7-13-18(16)19/h3-15,20H,1-2H3,(H,24,26)(H2,23,25,27). The first kappa shape index (κ1) is 18.5. The highest BCUT2D eigenvalue weighted by molar-refractivity contribution is 6.05. The molecule has 3 N–H and O–H groups in total. The van der Waals surface area contributed by atoms with E-state index in [2.05, 4.69) is 16.0 Å². The Morgan fingerprint density at radius 2 is 1.44 bits per heavy atom. The molecule has 0 saturated carbocycles. The predicted molar refractivity (Wildman–Crippen MR) is 110 cm³/mol. The molecule has 0 aliphatic heterocycles. The van der Waals surface area contributed by atoms with Gasteiger partial charge in [0.2, 0.25) is 5.91 Å². The van der Waals surface area contributed by atoms with Gasteiger partial charge in [-0.25, -0.2) is 4.79 Å². The molecule has 138 valence electrons. The Labute approximate surface area is 158 Å². The van der Waals surface area contributed by atoms with Gasteiger partial charge >= 0.3 is 6.03 Å². The third-order valence-corrected chi connectivity index (χ3v) is 4.31. The zero-order valence-electron chi connectivity index (χ0n) is 15.4. The number of rotatable bonds is 5. The summed E-state index contributed by atoms with van der Waals surface area (Å²) < 4.78 is 0. The smallest absolute Gasteiger partial charge is 0.319 e. The first-order chi connectivity index (χ1) is 13.0. The van der Waals surface area contributed by atoms with E-state index < -0.39 is 12.1 Å². The Morgan fingerprint density at radius 1 is 0.778 bits per heavy atom. The maximum absolute atomic E-state index is 12.8. The van der Waals surface area contributed by atoms with Crippen LogP contribution in [0.2, 0.25) is 0 Å². The average Bonchev–Trinajstić information content (AvgIpc) is 2.67. The van der Waals surface area contributed by atoms with Crippen molar-refractivity contribution in [2.45, 2.75) is 19.9 Å². The minimum atomic E-state index is -0.660. The number of urea groups is 1. The molecule has 5 heteroatoms. The van der Waals surface area contributed by atoms with E-state index in [0.29, 0.717) is 5.69 Å². The van der Waals surface area contributed by atoms with Crippen LogP contribution < -0.4 is 16.0 Å². The third-order valence-electron chi connectivity index (χ3n) is 4.31. The molecule has 3 aromatic carbocycles. The minimum absolute atomic E-state index is 0.0681. The van der Waals surface area contributed by atoms with Crippen molar-refractivity contribution in [3.05, 3.63) is 72.8 Å². The largest absolute Gasteiger partial charge is 0.326 e. The molecular formula is C22H23N3O2. The van der Waals surface area contributed by atoms with Gasteiger partial charge in [0.15, 0.2) is 0 Å². The lowest BCUT2D eigenvalue weighted by Crippen LogP contribution is -2.48. The fraction of sp³-hybridized carbons (Fsp3) is 0.182. The lowest BCUT2D eigenvalue weighted by atomic mass is 10.0. The number of hydrogen-bond donors (Lipinski definition) is 3. The van der Waals surface area contributed by atoms with E-state index in [1.54, 1.807) is 12.1 Å². The quantitative estimate of drug-likeness (QED) is 0.620. The molecule has 0 heterocycles. The minimum Gasteiger partial charge on any atom is -0.326 e. The average molecular weight is 361 g/mol. The van der Waals surface area contributed by atoms with Gasteiger partial charge in [0.05, 0.1) is 0 Å². The van der Waals surface area contributed by atoms with Gasteiger partial charge in [0.1, 0.15) is 6.04 Å². The Kier molecular flexibility index (Phi) is 5.71. The lowest BCUT2D eigenvalue weighted by Gasteiger charge is -2.22. The second-order valence-corrected chi connectivity index (χ2v) is 6.70. The van der Waals surface area contributed by atoms with Gasteiger partial charge < -0.3 is 16.0 Å². The van der Waals surface area contributed by atoms with Gasteiger partial charge in [-0.3, -0.25) is 4.79 Å². The molecule has 0 aliphatic rings. The maximum atomic E-state index is 12.8. The summed E-state index contributed by atoms with van der Waals surface area (Å²) in [5.41, 5.74) is 1.40. The number of nitrogens with one attached hydrogen (secondary N) is 3. The van der Waals surface area contributed by atoms with Crippen LogP contribution in [0.3, 0.4) is 0 Å². The molecule has 0 bridgehead atoms. The van der Waals surface area contributed by atoms with E-state index in [4.69, 9.17) is 0 Å². The van der Waals surface area contributed by atoms with Crippen molar-refractivity contribution in [3.63, 3.8) is 0 Å². The van der Waals surface area contributed by atoms with Crippen LogP contribution in [0.5, 0.6) is 0 Å². The summed E-state index contributed by atoms with van der Waals surface area (Å²) in [6.07, 6.45) is 0. The topological polar surface area (TPSA) is 70.2 Å². The van der Waals surface area contributed by atoms with Crippen LogP contribution in [0.1, 0.15) is 13.8 Å². The summed E-state index contributed by atoms with van der Waals surface area (Å²) in [6.45, 7) is 3.80. The van der Waals surface area contributed by atoms with Gasteiger partial charge in [0.25, 0.3) is 0 Å². The van der Waals surface area contributed by atoms with E-state index >= 15 is 0 Å². The Balaban J connectivity index is 1.72. The highest BCUT2D eigenvalue weighted by Gasteiger charge is 2.24. The van der Waals surface area contributed by atoms with Crippen LogP contribution in [0.15, 0.2) is 72.8 Å². The second-order valence-electron chi connectivity index (χ2n) is 6.70. The predicted octanol–water partition coefficient (Wildman–Crippen LogP) is 4.62. The van der Waals surface area contributed by atoms with Crippen molar-refractivity contribution in [1.29, 1.82) is 0 Å². The third kappa shape index (κ3) is 4.64. The van der Waals surface area contributed by atoms with Crippen LogP contribution in [0.4, 0.5) is 16.2 Å². The number of fused-ring (bicyclic) bond motifs is 1. The van der Waals surface area contributed by atoms with Crippen molar-refractivity contribution in [2.24, 2.45) is 5.92 Å². The molecule has 0 saturated heterocycles. The summed E-state index contributed by atoms with van der Waals surface area (Å²) in [5.74, 6) is -0.314. The molecular weight excluding hydrogens is 338 g/mol. The molecule has 0 aromatic heterocycles. The zero-order chi connectivity index (χ0) is 19.2. The molecule has 0 fully saturated rings. The normalized spacial score (nSPS) is 11.8. The summed E-state index contributed by atoms with van der Waals surface area (Å²) in [4.78, 5) is 25.1. The summed E-state index contributed by atoms with van der Waals surface area (Å²) in [6, 6.07) is 21.7. The van der Waals surface area contributed by atoms with E-state index in [1.165, 1.54) is 0 Å². The monoisotopic (exact) mass is 361 g/mol. The van der Waals surface area contributed by atoms with E-state index in [-0.39, 0.29) is 11.8 Å². The summed E-state index contributed by atoms with van der Waals surface area (Å²) in [5, 5.41) is 10.5. The molecule has 0 radical (unpaired) electrons. The molecule has 1 atom stereocenters. The van der Waals surface area contributed by atoms with Crippen LogP contribution in [-0.4, -0.2) is 18.0 Å². The van der Waals surface area contributed by atoms with Crippen molar-refractivity contribution < 1.29 is 9.59 Å². The van der Waals surface area contributed by atoms with Crippen LogP contribution >= 0.6 is 0 Å². The lowest BCUT2D eigenvalue weighted by molar-refractivity contribution is -0.118. The molecule has 0 aliphatic carbocycles. The van der Waals surface area contributed by atoms with Crippen LogP contribution in [0, 0.1) is 5.92 Å². The van der Waals surface area contributed by atoms with E-state index in [0.717, 1.165) is 16.5 Å². The van der Waals surface area contributed by atoms with Gasteiger partial charge in [-0.15, -0.1) is 0 Å². The number of hydrogen-bond acceptors (Lipinski definition) is 2. The second kappa shape index (κ2) is 8.36. The van der Waals surface area contributed by atoms with Crippen molar-refractivity contribution in [1.82, 2.24) is 5.32 Å². The molecule has 5 nitrogen and oxygen atoms in total. The molecule has 1 unspecified atom stereocenters. The molecule has 0 spiro atoms. The van der Waals surface area contributed by atoms with Crippen molar-refractivity contribution >= 4 is 34.1 Å². The highest BCUT2D eigenvalue weighted by atomic mass is 16.2. The molecule has 3 rings (SSSR count). The molecule has 27 heavy (non-hydrogen) atoms. The Hall–Kier alpha value is -3.34. The number of anilines is 2. The van der Waals surface area contributed by atoms with E-state index in [9.17, 15) is 9.59 Å². The number of carbonyl (C=O) groups is 2. The SMILES string of the molecule is CC(C)C(NC(=O)Nc1ccccc1)C(=O)Nc1cccc2ccccc12. The zero-order valence-corrected chi connectivity index (χ0v) is 15.4. The first-order valence-corrected chi connectivity index (χ1v) is 8.96.